The van der Waals surface area contributed by atoms with Gasteiger partial charge in [0.25, 0.3) is 0 Å². The first-order valence-electron chi connectivity index (χ1n) is 6.64. The first-order chi connectivity index (χ1) is 11.9. The van der Waals surface area contributed by atoms with Crippen molar-refractivity contribution in [3.63, 3.8) is 0 Å². The molecule has 0 aliphatic carbocycles. The molecule has 0 spiro atoms. The van der Waals surface area contributed by atoms with Crippen LogP contribution in [0.5, 0.6) is 0 Å². The van der Waals surface area contributed by atoms with Crippen molar-refractivity contribution >= 4 is 121 Å². The molecule has 0 heterocycles. The number of carbonyl (C=O) groups is 3. The van der Waals surface area contributed by atoms with Crippen LogP contribution in [0.4, 0.5) is 0 Å². The molecule has 0 amide bonds. The molecule has 5 nitrogen and oxygen atoms in total. The minimum Gasteiger partial charge on any atom is -0.480 e. The summed E-state index contributed by atoms with van der Waals surface area (Å²) in [6.07, 6.45) is 0. The molecule has 0 saturated carbocycles. The van der Waals surface area contributed by atoms with Gasteiger partial charge in [0.15, 0.2) is 4.30 Å². The Labute approximate surface area is 230 Å². The molecule has 0 aromatic rings. The zero-order chi connectivity index (χ0) is 23.0. The number of carboxylic acids is 2. The van der Waals surface area contributed by atoms with Crippen LogP contribution in [0.3, 0.4) is 0 Å². The number of hydrogen-bond acceptors (Lipinski definition) is 8. The van der Waals surface area contributed by atoms with E-state index in [1.54, 1.807) is 0 Å². The average molecular weight is 601 g/mol. The minimum absolute atomic E-state index is 0. The molecule has 13 heteroatoms. The van der Waals surface area contributed by atoms with Crippen molar-refractivity contribution in [1.29, 1.82) is 0 Å². The molecule has 2 N–H and O–H groups in total. The van der Waals surface area contributed by atoms with E-state index >= 15 is 0 Å². The number of thiocarbonyl (C=S) groups is 3. The zero-order valence-electron chi connectivity index (χ0n) is 16.4. The van der Waals surface area contributed by atoms with Gasteiger partial charge in [0.2, 0.25) is 0 Å². The summed E-state index contributed by atoms with van der Waals surface area (Å²) in [5.41, 5.74) is 0. The van der Waals surface area contributed by atoms with Crippen LogP contribution < -0.4 is 0 Å². The number of halogens is 3. The third kappa shape index (κ3) is 48.9. The third-order valence-electron chi connectivity index (χ3n) is 1.71. The van der Waals surface area contributed by atoms with E-state index in [0.717, 1.165) is 23.5 Å². The molecule has 0 radical (unpaired) electrons. The number of thioether (sulfide) groups is 2. The van der Waals surface area contributed by atoms with Crippen molar-refractivity contribution in [2.24, 2.45) is 0 Å². The van der Waals surface area contributed by atoms with Crippen molar-refractivity contribution in [3.8, 4) is 0 Å². The van der Waals surface area contributed by atoms with Crippen LogP contribution in [0.2, 0.25) is 0 Å². The predicted molar refractivity (Wildman–Crippen MR) is 157 cm³/mol. The van der Waals surface area contributed by atoms with E-state index in [4.69, 9.17) is 57.2 Å². The lowest BCUT2D eigenvalue weighted by molar-refractivity contribution is -0.139. The van der Waals surface area contributed by atoms with E-state index in [1.807, 2.05) is 4.31 Å². The summed E-state index contributed by atoms with van der Waals surface area (Å²) in [6, 6.07) is 0. The Hall–Kier alpha value is 0.490. The van der Waals surface area contributed by atoms with Crippen LogP contribution in [0.1, 0.15) is 72.7 Å². The molecule has 0 aliphatic heterocycles. The van der Waals surface area contributed by atoms with Gasteiger partial charge in [0, 0.05) is 4.31 Å². The van der Waals surface area contributed by atoms with Gasteiger partial charge in [-0.05, 0) is 66.0 Å². The molecule has 0 rings (SSSR count). The summed E-state index contributed by atoms with van der Waals surface area (Å²) < 4.78 is -0.600. The van der Waals surface area contributed by atoms with E-state index in [1.165, 1.54) is 41.5 Å². The molecule has 0 atom stereocenters. The fourth-order valence-electron chi connectivity index (χ4n) is 0.525. The fourth-order valence-corrected chi connectivity index (χ4v) is 4.20. The Bertz CT molecular complexity index is 506. The van der Waals surface area contributed by atoms with Gasteiger partial charge in [-0.1, -0.05) is 100 Å². The zero-order valence-corrected chi connectivity index (χ0v) is 21.7. The van der Waals surface area contributed by atoms with E-state index in [9.17, 15) is 14.4 Å². The van der Waals surface area contributed by atoms with E-state index in [0.29, 0.717) is 3.53 Å². The Morgan fingerprint density at radius 3 is 1.06 bits per heavy atom. The SMILES string of the molecule is C.C.C.C.CC(C)(SC(=S)SC(C)(C)C(=O)O)C(=O)O.CC(C)=O.ClC(Cl)Cl.S=C=S.[H+]. The van der Waals surface area contributed by atoms with Crippen molar-refractivity contribution < 1.29 is 26.0 Å². The topological polar surface area (TPSA) is 91.7 Å². The van der Waals surface area contributed by atoms with Gasteiger partial charge >= 0.3 is 13.4 Å². The van der Waals surface area contributed by atoms with Gasteiger partial charge in [0.1, 0.15) is 18.8 Å². The molecule has 0 fully saturated rings. The smallest absolute Gasteiger partial charge is 0.480 e. The Balaban J connectivity index is -0.0000000401. The standard InChI is InChI=1S/C9H14O4S3.C3H6O.CHCl3.CS2.4CH4/c1-8(2,5(10)11)15-7(14)16-9(3,4)6(12)13;1-3(2)4;2-1(3)4;2-1-3;;;;/h1-4H3,(H,10,11)(H,12,13);1-2H3;1H;;4*1H4/p+1. The van der Waals surface area contributed by atoms with Gasteiger partial charge < -0.3 is 15.0 Å². The maximum atomic E-state index is 10.8. The number of Topliss-reactive ketones (excluding diaryl/α,β-unsaturated/α-hetero) is 1. The predicted octanol–water partition coefficient (Wildman–Crippen LogP) is 8.72. The van der Waals surface area contributed by atoms with Crippen LogP contribution in [0, 0.1) is 0 Å². The lowest BCUT2D eigenvalue weighted by atomic mass is 10.2. The molecule has 0 bridgehead atoms. The van der Waals surface area contributed by atoms with Crippen LogP contribution in [0.15, 0.2) is 0 Å². The molecular weight excluding hydrogens is 563 g/mol. The van der Waals surface area contributed by atoms with E-state index < -0.39 is 25.7 Å². The largest absolute Gasteiger partial charge is 1.00 e. The van der Waals surface area contributed by atoms with Crippen molar-refractivity contribution in [1.82, 2.24) is 0 Å². The highest BCUT2D eigenvalue weighted by atomic mass is 35.6. The highest BCUT2D eigenvalue weighted by Gasteiger charge is 2.34. The van der Waals surface area contributed by atoms with Gasteiger partial charge in [-0.3, -0.25) is 9.59 Å². The second-order valence-electron chi connectivity index (χ2n) is 5.32. The summed E-state index contributed by atoms with van der Waals surface area (Å²) in [5, 5.41) is 17.8. The van der Waals surface area contributed by atoms with Gasteiger partial charge in [-0.25, -0.2) is 0 Å². The van der Waals surface area contributed by atoms with Crippen LogP contribution in [0.25, 0.3) is 0 Å². The lowest BCUT2D eigenvalue weighted by Crippen LogP contribution is -2.31. The van der Waals surface area contributed by atoms with Crippen LogP contribution in [-0.4, -0.2) is 49.6 Å². The molecule has 0 aromatic carbocycles. The highest BCUT2D eigenvalue weighted by Crippen LogP contribution is 2.36. The lowest BCUT2D eigenvalue weighted by Gasteiger charge is -2.22. The molecular formula is C18H38Cl3O5S5+. The summed E-state index contributed by atoms with van der Waals surface area (Å²) in [6.45, 7) is 9.17. The number of rotatable bonds is 4. The molecule has 0 aliphatic rings. The van der Waals surface area contributed by atoms with E-state index in [-0.39, 0.29) is 36.9 Å². The maximum Gasteiger partial charge on any atom is 1.00 e. The molecule has 0 saturated heterocycles. The summed E-state index contributed by atoms with van der Waals surface area (Å²) >= 11 is 29.3. The minimum atomic E-state index is -1.04. The maximum absolute atomic E-state index is 10.8. The highest BCUT2D eigenvalue weighted by molar-refractivity contribution is 8.48. The van der Waals surface area contributed by atoms with Crippen LogP contribution >= 0.6 is 95.0 Å². The van der Waals surface area contributed by atoms with Crippen LogP contribution in [-0.2, 0) is 14.4 Å². The number of hydrogen-bond donors (Lipinski definition) is 2. The number of alkyl halides is 3. The summed E-state index contributed by atoms with van der Waals surface area (Å²) in [7, 11) is 0. The fraction of sp³-hybridized carbons (Fsp3) is 0.722. The van der Waals surface area contributed by atoms with Crippen molar-refractivity contribution in [2.45, 2.75) is 85.0 Å². The Kier molecular flexibility index (Phi) is 48.8. The summed E-state index contributed by atoms with van der Waals surface area (Å²) in [4.78, 5) is 31.1. The number of carbonyl (C=O) groups excluding carboxylic acids is 1. The molecule has 190 valence electrons. The summed E-state index contributed by atoms with van der Waals surface area (Å²) in [5.74, 6) is -1.79. The van der Waals surface area contributed by atoms with E-state index in [2.05, 4.69) is 24.4 Å². The Morgan fingerprint density at radius 2 is 0.968 bits per heavy atom. The quantitative estimate of drug-likeness (QED) is 0.241. The first kappa shape index (κ1) is 53.1. The van der Waals surface area contributed by atoms with Crippen molar-refractivity contribution in [3.05, 3.63) is 0 Å². The third-order valence-corrected chi connectivity index (χ3v) is 4.41. The number of aliphatic carboxylic acids is 2. The van der Waals surface area contributed by atoms with Gasteiger partial charge in [0.05, 0.1) is 0 Å². The first-order valence-corrected chi connectivity index (χ1v) is 10.8. The second-order valence-corrected chi connectivity index (χ2v) is 12.4. The Morgan fingerprint density at radius 1 is 0.839 bits per heavy atom. The van der Waals surface area contributed by atoms with Gasteiger partial charge in [-0.2, -0.15) is 0 Å². The molecule has 0 unspecified atom stereocenters. The number of ketones is 1. The molecule has 0 aromatic heterocycles. The monoisotopic (exact) mass is 599 g/mol. The molecule has 31 heavy (non-hydrogen) atoms. The van der Waals surface area contributed by atoms with Gasteiger partial charge in [-0.15, -0.1) is 0 Å². The second kappa shape index (κ2) is 28.5. The average Bonchev–Trinajstić information content (AvgIpc) is 2.35. The normalized spacial score (nSPS) is 8.58. The van der Waals surface area contributed by atoms with Crippen molar-refractivity contribution in [2.75, 3.05) is 0 Å². The number of carboxylic acid groups (broad SMARTS) is 2.